The molecule has 1 saturated heterocycles. The molecule has 0 radical (unpaired) electrons. The lowest BCUT2D eigenvalue weighted by molar-refractivity contribution is 0.0951. The Morgan fingerprint density at radius 3 is 2.30 bits per heavy atom. The van der Waals surface area contributed by atoms with Gasteiger partial charge in [-0.15, -0.1) is 11.3 Å². The second-order valence-electron chi connectivity index (χ2n) is 7.10. The summed E-state index contributed by atoms with van der Waals surface area (Å²) in [5.41, 5.74) is 2.71. The van der Waals surface area contributed by atoms with Crippen LogP contribution >= 0.6 is 11.3 Å². The third-order valence-corrected chi connectivity index (χ3v) is 8.15. The van der Waals surface area contributed by atoms with Gasteiger partial charge in [-0.1, -0.05) is 30.0 Å². The number of hydrogen-bond donors (Lipinski definition) is 1. The topological polar surface area (TPSA) is 66.5 Å². The number of nitrogens with one attached hydrogen (secondary N) is 1. The summed E-state index contributed by atoms with van der Waals surface area (Å²) < 4.78 is 27.6. The van der Waals surface area contributed by atoms with Crippen molar-refractivity contribution in [1.82, 2.24) is 9.62 Å². The number of hydrogen-bond acceptors (Lipinski definition) is 4. The van der Waals surface area contributed by atoms with Crippen molar-refractivity contribution in [3.63, 3.8) is 0 Å². The maximum Gasteiger partial charge on any atom is 0.252 e. The fourth-order valence-corrected chi connectivity index (χ4v) is 6.34. The molecule has 0 spiro atoms. The number of rotatable bonds is 5. The number of amides is 1. The summed E-state index contributed by atoms with van der Waals surface area (Å²) >= 11 is 1.24. The van der Waals surface area contributed by atoms with Crippen molar-refractivity contribution in [3.8, 4) is 0 Å². The average molecular weight is 407 g/mol. The van der Waals surface area contributed by atoms with E-state index in [4.69, 9.17) is 0 Å². The lowest BCUT2D eigenvalue weighted by atomic mass is 10.1. The first-order chi connectivity index (χ1) is 12.9. The van der Waals surface area contributed by atoms with Gasteiger partial charge in [-0.05, 0) is 51.0 Å². The van der Waals surface area contributed by atoms with E-state index in [9.17, 15) is 13.2 Å². The number of thiophene rings is 1. The molecule has 5 nitrogen and oxygen atoms in total. The fourth-order valence-electron chi connectivity index (χ4n) is 3.38. The van der Waals surface area contributed by atoms with Crippen LogP contribution in [0.5, 0.6) is 0 Å². The van der Waals surface area contributed by atoms with Gasteiger partial charge in [0.1, 0.15) is 4.21 Å². The van der Waals surface area contributed by atoms with Gasteiger partial charge >= 0.3 is 0 Å². The van der Waals surface area contributed by atoms with Crippen LogP contribution in [0.15, 0.2) is 34.5 Å². The van der Waals surface area contributed by atoms with Crippen molar-refractivity contribution in [2.24, 2.45) is 0 Å². The van der Waals surface area contributed by atoms with Crippen LogP contribution in [0.2, 0.25) is 0 Å². The third-order valence-electron chi connectivity index (χ3n) is 4.70. The second kappa shape index (κ2) is 8.54. The maximum absolute atomic E-state index is 12.8. The molecule has 1 amide bonds. The first kappa shape index (κ1) is 20.0. The van der Waals surface area contributed by atoms with Crippen LogP contribution in [0, 0.1) is 13.8 Å². The van der Waals surface area contributed by atoms with Crippen molar-refractivity contribution in [2.45, 2.75) is 50.3 Å². The summed E-state index contributed by atoms with van der Waals surface area (Å²) in [6.45, 7) is 5.44. The quantitative estimate of drug-likeness (QED) is 0.820. The molecule has 1 aliphatic rings. The summed E-state index contributed by atoms with van der Waals surface area (Å²) in [6.07, 6.45) is 4.02. The Hall–Kier alpha value is -1.70. The average Bonchev–Trinajstić information content (AvgIpc) is 2.92. The number of carbonyl (C=O) groups is 1. The highest BCUT2D eigenvalue weighted by Gasteiger charge is 2.26. The number of sulfonamides is 1. The van der Waals surface area contributed by atoms with Crippen LogP contribution in [0.3, 0.4) is 0 Å². The molecular formula is C20H26N2O3S2. The Morgan fingerprint density at radius 1 is 1.04 bits per heavy atom. The highest BCUT2D eigenvalue weighted by atomic mass is 32.2. The van der Waals surface area contributed by atoms with Gasteiger partial charge in [0.05, 0.1) is 6.54 Å². The zero-order valence-electron chi connectivity index (χ0n) is 15.8. The summed E-state index contributed by atoms with van der Waals surface area (Å²) in [5.74, 6) is -0.146. The predicted octanol–water partition coefficient (Wildman–Crippen LogP) is 3.86. The van der Waals surface area contributed by atoms with Gasteiger partial charge in [0, 0.05) is 23.5 Å². The van der Waals surface area contributed by atoms with E-state index in [-0.39, 0.29) is 5.91 Å². The minimum absolute atomic E-state index is 0.146. The Bertz CT molecular complexity index is 891. The lowest BCUT2D eigenvalue weighted by Gasteiger charge is -2.18. The van der Waals surface area contributed by atoms with E-state index in [1.165, 1.54) is 11.3 Å². The molecule has 1 aliphatic heterocycles. The van der Waals surface area contributed by atoms with E-state index in [1.54, 1.807) is 16.4 Å². The highest BCUT2D eigenvalue weighted by Crippen LogP contribution is 2.27. The van der Waals surface area contributed by atoms with Gasteiger partial charge in [-0.3, -0.25) is 4.79 Å². The first-order valence-corrected chi connectivity index (χ1v) is 11.6. The van der Waals surface area contributed by atoms with Crippen LogP contribution in [-0.4, -0.2) is 31.7 Å². The number of benzene rings is 1. The molecule has 0 aliphatic carbocycles. The first-order valence-electron chi connectivity index (χ1n) is 9.31. The van der Waals surface area contributed by atoms with Crippen molar-refractivity contribution in [1.29, 1.82) is 0 Å². The molecule has 0 unspecified atom stereocenters. The Labute approximate surface area is 165 Å². The van der Waals surface area contributed by atoms with E-state index in [1.807, 2.05) is 32.0 Å². The van der Waals surface area contributed by atoms with Gasteiger partial charge in [-0.2, -0.15) is 4.31 Å². The molecule has 0 atom stereocenters. The Kier molecular flexibility index (Phi) is 6.34. The van der Waals surface area contributed by atoms with Crippen molar-refractivity contribution in [3.05, 3.63) is 51.9 Å². The fraction of sp³-hybridized carbons (Fsp3) is 0.450. The van der Waals surface area contributed by atoms with Gasteiger partial charge < -0.3 is 5.32 Å². The normalized spacial score (nSPS) is 16.1. The molecule has 1 aromatic carbocycles. The largest absolute Gasteiger partial charge is 0.347 e. The van der Waals surface area contributed by atoms with Crippen molar-refractivity contribution < 1.29 is 13.2 Å². The van der Waals surface area contributed by atoms with Crippen LogP contribution in [0.25, 0.3) is 0 Å². The molecule has 2 aromatic rings. The molecule has 3 rings (SSSR count). The van der Waals surface area contributed by atoms with E-state index >= 15 is 0 Å². The molecular weight excluding hydrogens is 380 g/mol. The summed E-state index contributed by atoms with van der Waals surface area (Å²) in [4.78, 5) is 13.2. The standard InChI is InChI=1S/C20H26N2O3S2/c1-15-11-16(2)13-17(12-15)20(23)21-14-18-7-8-19(26-18)27(24,25)22-9-5-3-4-6-10-22/h7-8,11-13H,3-6,9-10,14H2,1-2H3,(H,21,23). The molecule has 1 fully saturated rings. The van der Waals surface area contributed by atoms with Gasteiger partial charge in [0.25, 0.3) is 15.9 Å². The summed E-state index contributed by atoms with van der Waals surface area (Å²) in [7, 11) is -3.43. The van der Waals surface area contributed by atoms with E-state index < -0.39 is 10.0 Å². The highest BCUT2D eigenvalue weighted by molar-refractivity contribution is 7.91. The maximum atomic E-state index is 12.8. The van der Waals surface area contributed by atoms with Gasteiger partial charge in [0.2, 0.25) is 0 Å². The van der Waals surface area contributed by atoms with E-state index in [0.29, 0.717) is 29.4 Å². The lowest BCUT2D eigenvalue weighted by Crippen LogP contribution is -2.31. The number of aryl methyl sites for hydroxylation is 2. The van der Waals surface area contributed by atoms with Crippen molar-refractivity contribution >= 4 is 27.3 Å². The molecule has 2 heterocycles. The zero-order chi connectivity index (χ0) is 19.4. The SMILES string of the molecule is Cc1cc(C)cc(C(=O)NCc2ccc(S(=O)(=O)N3CCCCCC3)s2)c1. The summed E-state index contributed by atoms with van der Waals surface area (Å²) in [6, 6.07) is 9.17. The smallest absolute Gasteiger partial charge is 0.252 e. The second-order valence-corrected chi connectivity index (χ2v) is 10.4. The molecule has 0 bridgehead atoms. The molecule has 1 N–H and O–H groups in total. The third kappa shape index (κ3) is 4.97. The number of carbonyl (C=O) groups excluding carboxylic acids is 1. The Morgan fingerprint density at radius 2 is 1.67 bits per heavy atom. The molecule has 0 saturated carbocycles. The van der Waals surface area contributed by atoms with Crippen LogP contribution in [0.1, 0.15) is 52.0 Å². The zero-order valence-corrected chi connectivity index (χ0v) is 17.5. The minimum atomic E-state index is -3.43. The molecule has 1 aromatic heterocycles. The molecule has 7 heteroatoms. The predicted molar refractivity (Wildman–Crippen MR) is 109 cm³/mol. The minimum Gasteiger partial charge on any atom is -0.347 e. The molecule has 27 heavy (non-hydrogen) atoms. The Balaban J connectivity index is 1.66. The van der Waals surface area contributed by atoms with Crippen LogP contribution < -0.4 is 5.32 Å². The monoisotopic (exact) mass is 406 g/mol. The van der Waals surface area contributed by atoms with E-state index in [2.05, 4.69) is 5.32 Å². The van der Waals surface area contributed by atoms with Gasteiger partial charge in [0.15, 0.2) is 0 Å². The number of nitrogens with zero attached hydrogens (tertiary/aromatic N) is 1. The van der Waals surface area contributed by atoms with Crippen LogP contribution in [-0.2, 0) is 16.6 Å². The van der Waals surface area contributed by atoms with Crippen LogP contribution in [0.4, 0.5) is 0 Å². The summed E-state index contributed by atoms with van der Waals surface area (Å²) in [5, 5.41) is 2.89. The van der Waals surface area contributed by atoms with E-state index in [0.717, 1.165) is 41.7 Å². The molecule has 146 valence electrons. The van der Waals surface area contributed by atoms with Gasteiger partial charge in [-0.25, -0.2) is 8.42 Å². The van der Waals surface area contributed by atoms with Crippen molar-refractivity contribution in [2.75, 3.05) is 13.1 Å².